The van der Waals surface area contributed by atoms with Crippen LogP contribution in [0.25, 0.3) is 0 Å². The molecule has 0 unspecified atom stereocenters. The van der Waals surface area contributed by atoms with Gasteiger partial charge in [0.2, 0.25) is 5.01 Å². The van der Waals surface area contributed by atoms with Crippen molar-refractivity contribution in [1.29, 1.82) is 0 Å². The van der Waals surface area contributed by atoms with Gasteiger partial charge in [-0.2, -0.15) is 13.2 Å². The van der Waals surface area contributed by atoms with Crippen LogP contribution in [0, 0.1) is 0 Å². The maximum absolute atomic E-state index is 12.9. The lowest BCUT2D eigenvalue weighted by atomic mass is 10.2. The minimum atomic E-state index is -4.71. The van der Waals surface area contributed by atoms with E-state index in [0.29, 0.717) is 11.3 Å². The molecule has 1 amide bonds. The number of piperazine rings is 1. The first-order valence-corrected chi connectivity index (χ1v) is 8.67. The van der Waals surface area contributed by atoms with Crippen molar-refractivity contribution in [2.24, 2.45) is 0 Å². The Bertz CT molecular complexity index is 699. The van der Waals surface area contributed by atoms with Crippen molar-refractivity contribution in [1.82, 2.24) is 9.88 Å². The maximum Gasteiger partial charge on any atom is 0.443 e. The first-order chi connectivity index (χ1) is 11.8. The molecule has 1 fully saturated rings. The van der Waals surface area contributed by atoms with Gasteiger partial charge in [0.05, 0.1) is 0 Å². The number of nitrogens with zero attached hydrogens (tertiary/aromatic N) is 3. The molecule has 11 heteroatoms. The maximum atomic E-state index is 12.9. The smallest absolute Gasteiger partial charge is 0.443 e. The molecule has 1 aromatic heterocycles. The van der Waals surface area contributed by atoms with Gasteiger partial charge in [-0.25, -0.2) is 14.6 Å². The third-order valence-electron chi connectivity index (χ3n) is 3.60. The Balaban J connectivity index is 2.19. The summed E-state index contributed by atoms with van der Waals surface area (Å²) in [6.45, 7) is 7.50. The second-order valence-electron chi connectivity index (χ2n) is 6.94. The molecule has 1 aliphatic heterocycles. The fraction of sp³-hybridized carbons (Fsp3) is 0.667. The number of halogens is 3. The molecule has 1 N–H and O–H groups in total. The van der Waals surface area contributed by atoms with Crippen LogP contribution in [-0.4, -0.2) is 58.3 Å². The lowest BCUT2D eigenvalue weighted by molar-refractivity contribution is -0.137. The second-order valence-corrected chi connectivity index (χ2v) is 7.92. The normalized spacial score (nSPS) is 18.8. The van der Waals surface area contributed by atoms with Crippen LogP contribution < -0.4 is 4.90 Å². The van der Waals surface area contributed by atoms with Gasteiger partial charge in [-0.3, -0.25) is 0 Å². The Morgan fingerprint density at radius 3 is 2.35 bits per heavy atom. The van der Waals surface area contributed by atoms with E-state index in [0.717, 1.165) is 0 Å². The SMILES string of the molecule is C[C@@H]1CN(c2sc(C(F)(F)F)nc2C(=O)O)CCN1C(=O)OC(C)(C)C. The van der Waals surface area contributed by atoms with E-state index in [4.69, 9.17) is 4.74 Å². The predicted octanol–water partition coefficient (Wildman–Crippen LogP) is 3.31. The Morgan fingerprint density at radius 2 is 1.88 bits per heavy atom. The summed E-state index contributed by atoms with van der Waals surface area (Å²) in [5.74, 6) is -1.52. The number of carboxylic acids is 1. The summed E-state index contributed by atoms with van der Waals surface area (Å²) in [6, 6.07) is -0.364. The molecule has 0 bridgehead atoms. The van der Waals surface area contributed by atoms with Gasteiger partial charge in [0.1, 0.15) is 10.6 Å². The third kappa shape index (κ3) is 4.57. The van der Waals surface area contributed by atoms with Gasteiger partial charge in [0.15, 0.2) is 5.69 Å². The van der Waals surface area contributed by atoms with E-state index in [-0.39, 0.29) is 30.7 Å². The Hall–Kier alpha value is -2.04. The molecule has 1 saturated heterocycles. The van der Waals surface area contributed by atoms with E-state index >= 15 is 0 Å². The van der Waals surface area contributed by atoms with Gasteiger partial charge < -0.3 is 19.6 Å². The van der Waals surface area contributed by atoms with Crippen LogP contribution in [0.15, 0.2) is 0 Å². The van der Waals surface area contributed by atoms with E-state index < -0.39 is 34.5 Å². The Morgan fingerprint density at radius 1 is 1.27 bits per heavy atom. The van der Waals surface area contributed by atoms with Crippen LogP contribution >= 0.6 is 11.3 Å². The summed E-state index contributed by atoms with van der Waals surface area (Å²) in [4.78, 5) is 29.7. The van der Waals surface area contributed by atoms with Gasteiger partial charge in [0.25, 0.3) is 0 Å². The summed E-state index contributed by atoms with van der Waals surface area (Å²) in [5, 5.41) is 7.92. The molecule has 7 nitrogen and oxygen atoms in total. The highest BCUT2D eigenvalue weighted by Gasteiger charge is 2.39. The fourth-order valence-corrected chi connectivity index (χ4v) is 3.48. The number of ether oxygens (including phenoxy) is 1. The van der Waals surface area contributed by atoms with Gasteiger partial charge in [-0.05, 0) is 27.7 Å². The topological polar surface area (TPSA) is 83.0 Å². The van der Waals surface area contributed by atoms with Gasteiger partial charge >= 0.3 is 18.2 Å². The number of aromatic carboxylic acids is 1. The predicted molar refractivity (Wildman–Crippen MR) is 88.7 cm³/mol. The number of hydrogen-bond acceptors (Lipinski definition) is 6. The molecule has 1 aromatic rings. The average molecular weight is 395 g/mol. The highest BCUT2D eigenvalue weighted by molar-refractivity contribution is 7.16. The zero-order valence-corrected chi connectivity index (χ0v) is 15.6. The molecule has 2 heterocycles. The van der Waals surface area contributed by atoms with Crippen molar-refractivity contribution < 1.29 is 32.6 Å². The fourth-order valence-electron chi connectivity index (χ4n) is 2.52. The van der Waals surface area contributed by atoms with Crippen LogP contribution in [0.4, 0.5) is 23.0 Å². The molecule has 0 aromatic carbocycles. The van der Waals surface area contributed by atoms with E-state index in [1.165, 1.54) is 9.80 Å². The highest BCUT2D eigenvalue weighted by atomic mass is 32.1. The molecule has 146 valence electrons. The van der Waals surface area contributed by atoms with E-state index in [1.54, 1.807) is 27.7 Å². The first-order valence-electron chi connectivity index (χ1n) is 7.85. The van der Waals surface area contributed by atoms with E-state index in [9.17, 15) is 27.9 Å². The minimum absolute atomic E-state index is 0.0551. The van der Waals surface area contributed by atoms with E-state index in [2.05, 4.69) is 4.98 Å². The van der Waals surface area contributed by atoms with Crippen molar-refractivity contribution >= 4 is 28.4 Å². The lowest BCUT2D eigenvalue weighted by Gasteiger charge is -2.40. The van der Waals surface area contributed by atoms with E-state index in [1.807, 2.05) is 0 Å². The van der Waals surface area contributed by atoms with Crippen molar-refractivity contribution in [3.05, 3.63) is 10.7 Å². The van der Waals surface area contributed by atoms with Crippen molar-refractivity contribution in [3.8, 4) is 0 Å². The molecule has 1 atom stereocenters. The van der Waals surface area contributed by atoms with Crippen molar-refractivity contribution in [2.75, 3.05) is 24.5 Å². The Kier molecular flexibility index (Phi) is 5.41. The van der Waals surface area contributed by atoms with Crippen LogP contribution in [0.1, 0.15) is 43.2 Å². The lowest BCUT2D eigenvalue weighted by Crippen LogP contribution is -2.55. The van der Waals surface area contributed by atoms with Gasteiger partial charge in [0, 0.05) is 25.7 Å². The molecule has 26 heavy (non-hydrogen) atoms. The van der Waals surface area contributed by atoms with Crippen LogP contribution in [0.3, 0.4) is 0 Å². The monoisotopic (exact) mass is 395 g/mol. The molecular formula is C15H20F3N3O4S. The number of carboxylic acid groups (broad SMARTS) is 1. The van der Waals surface area contributed by atoms with Gasteiger partial charge in [-0.15, -0.1) is 0 Å². The number of anilines is 1. The van der Waals surface area contributed by atoms with Gasteiger partial charge in [-0.1, -0.05) is 11.3 Å². The zero-order chi connectivity index (χ0) is 19.9. The molecule has 1 aliphatic rings. The average Bonchev–Trinajstić information content (AvgIpc) is 2.90. The quantitative estimate of drug-likeness (QED) is 0.827. The van der Waals surface area contributed by atoms with Crippen molar-refractivity contribution in [3.63, 3.8) is 0 Å². The first kappa shape index (κ1) is 20.3. The standard InChI is InChI=1S/C15H20F3N3O4S/c1-8-7-20(5-6-21(8)13(24)25-14(2,3)4)10-9(11(22)23)19-12(26-10)15(16,17)18/h8H,5-7H2,1-4H3,(H,22,23)/t8-/m1/s1. The summed E-state index contributed by atoms with van der Waals surface area (Å²) < 4.78 is 44.0. The largest absolute Gasteiger partial charge is 0.476 e. The summed E-state index contributed by atoms with van der Waals surface area (Å²) >= 11 is 0.297. The second kappa shape index (κ2) is 6.93. The highest BCUT2D eigenvalue weighted by Crippen LogP contribution is 2.39. The summed E-state index contributed by atoms with van der Waals surface area (Å²) in [7, 11) is 0. The molecule has 0 saturated carbocycles. The van der Waals surface area contributed by atoms with Crippen LogP contribution in [-0.2, 0) is 10.9 Å². The molecule has 2 rings (SSSR count). The molecular weight excluding hydrogens is 375 g/mol. The number of carbonyl (C=O) groups is 2. The number of carbonyl (C=O) groups excluding carboxylic acids is 1. The third-order valence-corrected chi connectivity index (χ3v) is 4.76. The molecule has 0 radical (unpaired) electrons. The van der Waals surface area contributed by atoms with Crippen molar-refractivity contribution in [2.45, 2.75) is 45.5 Å². The molecule has 0 spiro atoms. The summed E-state index contributed by atoms with van der Waals surface area (Å²) in [6.07, 6.45) is -5.22. The minimum Gasteiger partial charge on any atom is -0.476 e. The number of thiazole rings is 1. The summed E-state index contributed by atoms with van der Waals surface area (Å²) in [5.41, 5.74) is -1.29. The number of aromatic nitrogens is 1. The number of amides is 1. The van der Waals surface area contributed by atoms with Crippen LogP contribution in [0.2, 0.25) is 0 Å². The number of rotatable bonds is 2. The zero-order valence-electron chi connectivity index (χ0n) is 14.8. The number of alkyl halides is 3. The number of hydrogen-bond donors (Lipinski definition) is 1. The molecule has 0 aliphatic carbocycles. The van der Waals surface area contributed by atoms with Crippen LogP contribution in [0.5, 0.6) is 0 Å². The Labute approximate surface area is 152 Å².